The molecule has 0 saturated heterocycles. The van der Waals surface area contributed by atoms with Crippen LogP contribution in [0.15, 0.2) is 12.1 Å². The van der Waals surface area contributed by atoms with Crippen molar-refractivity contribution < 1.29 is 29.2 Å². The molecular weight excluding hydrogens is 222 g/mol. The van der Waals surface area contributed by atoms with Gasteiger partial charge in [-0.05, 0) is 12.5 Å². The van der Waals surface area contributed by atoms with Gasteiger partial charge in [0.15, 0.2) is 11.6 Å². The number of benzene rings is 1. The van der Waals surface area contributed by atoms with Crippen molar-refractivity contribution in [1.82, 2.24) is 0 Å². The summed E-state index contributed by atoms with van der Waals surface area (Å²) < 4.78 is 25.7. The van der Waals surface area contributed by atoms with E-state index >= 15 is 0 Å². The van der Waals surface area contributed by atoms with Gasteiger partial charge in [0.1, 0.15) is 11.9 Å². The number of phenols is 1. The van der Waals surface area contributed by atoms with Crippen molar-refractivity contribution in [1.29, 1.82) is 0 Å². The van der Waals surface area contributed by atoms with Gasteiger partial charge in [0.25, 0.3) is 0 Å². The molecule has 2 unspecified atom stereocenters. The number of phenolic OH excluding ortho intramolecular Hbond substituents is 1. The predicted molar refractivity (Wildman–Crippen MR) is 50.7 cm³/mol. The van der Waals surface area contributed by atoms with Crippen LogP contribution in [0.4, 0.5) is 8.78 Å². The lowest BCUT2D eigenvalue weighted by Gasteiger charge is -2.18. The highest BCUT2D eigenvalue weighted by atomic mass is 19.1. The summed E-state index contributed by atoms with van der Waals surface area (Å²) in [5.41, 5.74) is -0.446. The summed E-state index contributed by atoms with van der Waals surface area (Å²) in [6.45, 7) is -0.392. The number of hydrogen-bond donors (Lipinski definition) is 4. The van der Waals surface area contributed by atoms with Gasteiger partial charge in [0.2, 0.25) is 0 Å². The Kier molecular flexibility index (Phi) is 4.17. The van der Waals surface area contributed by atoms with E-state index in [9.17, 15) is 24.1 Å². The fraction of sp³-hybridized carbons (Fsp3) is 0.400. The largest absolute Gasteiger partial charge is 0.505 e. The molecule has 0 fully saturated rings. The first-order chi connectivity index (χ1) is 7.47. The van der Waals surface area contributed by atoms with Crippen molar-refractivity contribution in [3.8, 4) is 5.75 Å². The summed E-state index contributed by atoms with van der Waals surface area (Å²) >= 11 is 0. The molecule has 2 atom stereocenters. The van der Waals surface area contributed by atoms with E-state index in [0.29, 0.717) is 6.07 Å². The number of rotatable bonds is 4. The highest BCUT2D eigenvalue weighted by Crippen LogP contribution is 2.30. The zero-order valence-corrected chi connectivity index (χ0v) is 8.27. The van der Waals surface area contributed by atoms with E-state index in [1.54, 1.807) is 0 Å². The quantitative estimate of drug-likeness (QED) is 0.609. The lowest BCUT2D eigenvalue weighted by molar-refractivity contribution is 0.00265. The van der Waals surface area contributed by atoms with Gasteiger partial charge in [-0.2, -0.15) is 0 Å². The monoisotopic (exact) mass is 234 g/mol. The Balaban J connectivity index is 3.03. The molecule has 0 aliphatic rings. The van der Waals surface area contributed by atoms with E-state index in [2.05, 4.69) is 0 Å². The van der Waals surface area contributed by atoms with Crippen LogP contribution in [0.2, 0.25) is 0 Å². The SMILES string of the molecule is OCCC(O)C(O)c1cc(F)cc(F)c1O. The minimum absolute atomic E-state index is 0.168. The van der Waals surface area contributed by atoms with Crippen LogP contribution in [0.5, 0.6) is 5.75 Å². The molecule has 1 rings (SSSR count). The van der Waals surface area contributed by atoms with Crippen LogP contribution < -0.4 is 0 Å². The fourth-order valence-corrected chi connectivity index (χ4v) is 1.31. The van der Waals surface area contributed by atoms with Crippen LogP contribution in [-0.4, -0.2) is 33.1 Å². The molecule has 4 N–H and O–H groups in total. The Morgan fingerprint density at radius 1 is 1.19 bits per heavy atom. The Morgan fingerprint density at radius 2 is 1.81 bits per heavy atom. The molecule has 0 amide bonds. The number of hydrogen-bond acceptors (Lipinski definition) is 4. The second-order valence-corrected chi connectivity index (χ2v) is 3.35. The first kappa shape index (κ1) is 12.8. The topological polar surface area (TPSA) is 80.9 Å². The molecule has 0 radical (unpaired) electrons. The van der Waals surface area contributed by atoms with Crippen LogP contribution >= 0.6 is 0 Å². The van der Waals surface area contributed by atoms with E-state index in [-0.39, 0.29) is 6.42 Å². The lowest BCUT2D eigenvalue weighted by atomic mass is 10.0. The van der Waals surface area contributed by atoms with E-state index < -0.39 is 41.8 Å². The fourth-order valence-electron chi connectivity index (χ4n) is 1.31. The molecule has 0 aromatic heterocycles. The van der Waals surface area contributed by atoms with Crippen molar-refractivity contribution in [2.75, 3.05) is 6.61 Å². The number of aromatic hydroxyl groups is 1. The van der Waals surface area contributed by atoms with Crippen LogP contribution in [-0.2, 0) is 0 Å². The van der Waals surface area contributed by atoms with Gasteiger partial charge in [-0.15, -0.1) is 0 Å². The zero-order valence-electron chi connectivity index (χ0n) is 8.27. The van der Waals surface area contributed by atoms with Crippen LogP contribution in [0, 0.1) is 11.6 Å². The first-order valence-corrected chi connectivity index (χ1v) is 4.62. The summed E-state index contributed by atoms with van der Waals surface area (Å²) in [7, 11) is 0. The van der Waals surface area contributed by atoms with Gasteiger partial charge >= 0.3 is 0 Å². The Hall–Kier alpha value is -1.24. The van der Waals surface area contributed by atoms with Crippen molar-refractivity contribution >= 4 is 0 Å². The van der Waals surface area contributed by atoms with E-state index in [1.165, 1.54) is 0 Å². The Bertz CT molecular complexity index is 370. The highest BCUT2D eigenvalue weighted by molar-refractivity contribution is 5.36. The van der Waals surface area contributed by atoms with Gasteiger partial charge in [-0.1, -0.05) is 0 Å². The predicted octanol–water partition coefficient (Wildman–Crippen LogP) is 0.447. The second-order valence-electron chi connectivity index (χ2n) is 3.35. The highest BCUT2D eigenvalue weighted by Gasteiger charge is 2.23. The third-order valence-corrected chi connectivity index (χ3v) is 2.17. The Morgan fingerprint density at radius 3 is 2.38 bits per heavy atom. The summed E-state index contributed by atoms with van der Waals surface area (Å²) in [4.78, 5) is 0. The smallest absolute Gasteiger partial charge is 0.168 e. The van der Waals surface area contributed by atoms with Gasteiger partial charge in [0, 0.05) is 18.2 Å². The van der Waals surface area contributed by atoms with E-state index in [1.807, 2.05) is 0 Å². The standard InChI is InChI=1S/C10H12F2O4/c11-5-3-6(9(15)7(12)4-5)10(16)8(14)1-2-13/h3-4,8,10,13-16H,1-2H2. The minimum atomic E-state index is -1.66. The molecular formula is C10H12F2O4. The average Bonchev–Trinajstić information content (AvgIpc) is 2.22. The number of aliphatic hydroxyl groups excluding tert-OH is 3. The molecule has 1 aromatic rings. The normalized spacial score (nSPS) is 14.8. The third kappa shape index (κ3) is 2.66. The van der Waals surface area contributed by atoms with Crippen LogP contribution in [0.3, 0.4) is 0 Å². The average molecular weight is 234 g/mol. The molecule has 90 valence electrons. The molecule has 6 heteroatoms. The van der Waals surface area contributed by atoms with Crippen LogP contribution in [0.25, 0.3) is 0 Å². The van der Waals surface area contributed by atoms with E-state index in [4.69, 9.17) is 5.11 Å². The lowest BCUT2D eigenvalue weighted by Crippen LogP contribution is -2.20. The maximum absolute atomic E-state index is 12.9. The molecule has 0 heterocycles. The summed E-state index contributed by atoms with van der Waals surface area (Å²) in [6.07, 6.45) is -3.23. The first-order valence-electron chi connectivity index (χ1n) is 4.62. The maximum Gasteiger partial charge on any atom is 0.168 e. The minimum Gasteiger partial charge on any atom is -0.505 e. The molecule has 0 aliphatic heterocycles. The van der Waals surface area contributed by atoms with Gasteiger partial charge in [0.05, 0.1) is 6.10 Å². The summed E-state index contributed by atoms with van der Waals surface area (Å²) in [5.74, 6) is -3.10. The van der Waals surface area contributed by atoms with Gasteiger partial charge < -0.3 is 20.4 Å². The molecule has 0 saturated carbocycles. The maximum atomic E-state index is 12.9. The summed E-state index contributed by atoms with van der Waals surface area (Å²) in [5, 5.41) is 36.6. The Labute approximate surface area is 90.4 Å². The van der Waals surface area contributed by atoms with Crippen molar-refractivity contribution in [2.24, 2.45) is 0 Å². The second kappa shape index (κ2) is 5.20. The van der Waals surface area contributed by atoms with Crippen molar-refractivity contribution in [2.45, 2.75) is 18.6 Å². The van der Waals surface area contributed by atoms with Gasteiger partial charge in [-0.25, -0.2) is 8.78 Å². The van der Waals surface area contributed by atoms with Crippen molar-refractivity contribution in [3.63, 3.8) is 0 Å². The van der Waals surface area contributed by atoms with Crippen LogP contribution in [0.1, 0.15) is 18.1 Å². The van der Waals surface area contributed by atoms with Gasteiger partial charge in [-0.3, -0.25) is 0 Å². The molecule has 0 spiro atoms. The molecule has 16 heavy (non-hydrogen) atoms. The summed E-state index contributed by atoms with van der Waals surface area (Å²) in [6, 6.07) is 1.19. The third-order valence-electron chi connectivity index (χ3n) is 2.17. The molecule has 0 aliphatic carbocycles. The molecule has 0 bridgehead atoms. The molecule has 4 nitrogen and oxygen atoms in total. The van der Waals surface area contributed by atoms with E-state index in [0.717, 1.165) is 6.07 Å². The molecule has 1 aromatic carbocycles. The van der Waals surface area contributed by atoms with Crippen molar-refractivity contribution in [3.05, 3.63) is 29.3 Å². The number of aliphatic hydroxyl groups is 3. The zero-order chi connectivity index (χ0) is 12.3. The number of halogens is 2.